The molecule has 0 unspecified atom stereocenters. The van der Waals surface area contributed by atoms with Crippen LogP contribution in [0.15, 0.2) is 35.5 Å². The van der Waals surface area contributed by atoms with Crippen molar-refractivity contribution in [3.05, 3.63) is 55.5 Å². The van der Waals surface area contributed by atoms with Gasteiger partial charge >= 0.3 is 125 Å². The molecule has 0 aliphatic carbocycles. The van der Waals surface area contributed by atoms with Crippen LogP contribution in [-0.4, -0.2) is 20.9 Å². The average Bonchev–Trinajstić information content (AvgIpc) is 2.33. The molecule has 101 valence electrons. The fourth-order valence-electron chi connectivity index (χ4n) is 0.479. The molecule has 3 radical (unpaired) electrons. The van der Waals surface area contributed by atoms with Crippen LogP contribution in [-0.2, 0) is 132 Å². The summed E-state index contributed by atoms with van der Waals surface area (Å²) in [6.45, 7) is 13.3. The zero-order valence-corrected chi connectivity index (χ0v) is 23.5. The first-order valence-electron chi connectivity index (χ1n) is 4.22. The Morgan fingerprint density at radius 2 is 1.75 bits per heavy atom. The third-order valence-corrected chi connectivity index (χ3v) is 2.67. The SMILES string of the molecule is [CH-]=C([C-]=O)/C=C\[CH]=[W].[CH-]=C/C=C(\[CH]=[W])C([CH2-])=O.[V].[Y].[Y]. The molecule has 0 saturated heterocycles. The largest absolute Gasteiger partial charge is 0 e. The summed E-state index contributed by atoms with van der Waals surface area (Å²) in [5, 5.41) is 0. The molecule has 0 fully saturated rings. The van der Waals surface area contributed by atoms with E-state index in [0.717, 1.165) is 0 Å². The molecule has 0 heterocycles. The van der Waals surface area contributed by atoms with Crippen LogP contribution in [0.1, 0.15) is 0 Å². The fourth-order valence-corrected chi connectivity index (χ4v) is 1.52. The van der Waals surface area contributed by atoms with Crippen LogP contribution in [0.5, 0.6) is 0 Å². The van der Waals surface area contributed by atoms with E-state index in [1.54, 1.807) is 22.8 Å². The van der Waals surface area contributed by atoms with Gasteiger partial charge in [0.15, 0.2) is 0 Å². The molecular weight excluding hydrogens is 785 g/mol. The molecule has 0 aliphatic rings. The van der Waals surface area contributed by atoms with Crippen molar-refractivity contribution in [2.75, 3.05) is 0 Å². The van der Waals surface area contributed by atoms with Crippen molar-refractivity contribution >= 4 is 20.9 Å². The minimum atomic E-state index is -0.188. The topological polar surface area (TPSA) is 34.1 Å². The average molecular weight is 795 g/mol. The van der Waals surface area contributed by atoms with Gasteiger partial charge in [0.05, 0.1) is 0 Å². The molecule has 2 nitrogen and oxygen atoms in total. The molecule has 0 aromatic rings. The Hall–Kier alpha value is 2.08. The number of allylic oxidation sites excluding steroid dienone is 6. The molecule has 0 aromatic heterocycles. The van der Waals surface area contributed by atoms with Crippen LogP contribution in [0.3, 0.4) is 0 Å². The van der Waals surface area contributed by atoms with Gasteiger partial charge in [0.25, 0.3) is 0 Å². The minimum absolute atomic E-state index is 0. The van der Waals surface area contributed by atoms with Gasteiger partial charge in [0, 0.05) is 84.0 Å². The van der Waals surface area contributed by atoms with Crippen LogP contribution in [0.25, 0.3) is 0 Å². The Morgan fingerprint density at radius 1 is 1.25 bits per heavy atom. The van der Waals surface area contributed by atoms with E-state index in [0.29, 0.717) is 5.57 Å². The number of rotatable bonds is 6. The predicted molar refractivity (Wildman–Crippen MR) is 62.1 cm³/mol. The number of hydrogen-bond donors (Lipinski definition) is 0. The Bertz CT molecular complexity index is 392. The number of carbonyl (C=O) groups excluding carboxylic acids is 2. The maximum absolute atomic E-state index is 10.5. The Balaban J connectivity index is -0.0000000655. The van der Waals surface area contributed by atoms with Crippen LogP contribution in [0, 0.1) is 20.1 Å². The molecule has 0 bridgehead atoms. The summed E-state index contributed by atoms with van der Waals surface area (Å²) in [5.74, 6) is -0.188. The van der Waals surface area contributed by atoms with E-state index in [-0.39, 0.29) is 95.3 Å². The quantitative estimate of drug-likeness (QED) is 0.229. The molecule has 0 spiro atoms. The third kappa shape index (κ3) is 25.1. The van der Waals surface area contributed by atoms with Crippen molar-refractivity contribution in [2.45, 2.75) is 0 Å². The standard InChI is InChI=1S/C7H6O.C6H4O.V.2W.2Y/c1-4-5-6(2)7(3)8;1-3-4-6(2)5-7;;;;;/h1-2,4-5H,3H2;1-4H;;;;;/q2*-2;;;;;/b6-5+;4-3-;;;;;. The Morgan fingerprint density at radius 3 is 1.95 bits per heavy atom. The fraction of sp³-hybridized carbons (Fsp3) is 0. The maximum atomic E-state index is 10.5. The van der Waals surface area contributed by atoms with Gasteiger partial charge in [0.1, 0.15) is 0 Å². The van der Waals surface area contributed by atoms with Gasteiger partial charge in [-0.25, -0.2) is 0 Å². The van der Waals surface area contributed by atoms with Gasteiger partial charge in [-0.1, -0.05) is 0 Å². The summed E-state index contributed by atoms with van der Waals surface area (Å²) in [6.07, 6.45) is 7.65. The van der Waals surface area contributed by atoms with E-state index in [4.69, 9.17) is 13.2 Å². The van der Waals surface area contributed by atoms with Crippen molar-refractivity contribution in [2.24, 2.45) is 0 Å². The minimum Gasteiger partial charge on any atom is 0 e. The van der Waals surface area contributed by atoms with Gasteiger partial charge in [-0.3, -0.25) is 0 Å². The van der Waals surface area contributed by atoms with Crippen LogP contribution in [0.4, 0.5) is 0 Å². The zero-order valence-electron chi connectivity index (χ0n) is 10.6. The third-order valence-electron chi connectivity index (χ3n) is 1.20. The van der Waals surface area contributed by atoms with Gasteiger partial charge in [-0.05, 0) is 0 Å². The van der Waals surface area contributed by atoms with E-state index in [2.05, 4.69) is 6.92 Å². The summed E-state index contributed by atoms with van der Waals surface area (Å²) in [4.78, 5) is 20.2. The van der Waals surface area contributed by atoms with Crippen LogP contribution in [0.2, 0.25) is 0 Å². The van der Waals surface area contributed by atoms with Crippen molar-refractivity contribution in [1.29, 1.82) is 0 Å². The van der Waals surface area contributed by atoms with E-state index in [1.807, 2.05) is 4.40 Å². The summed E-state index contributed by atoms with van der Waals surface area (Å²) < 4.78 is 3.61. The smallest absolute Gasteiger partial charge is 0 e. The second-order valence-corrected chi connectivity index (χ2v) is 4.23. The molecule has 0 amide bonds. The first kappa shape index (κ1) is 33.6. The summed E-state index contributed by atoms with van der Waals surface area (Å²) in [7, 11) is 0. The molecule has 0 saturated carbocycles. The second-order valence-electron chi connectivity index (χ2n) is 2.41. The van der Waals surface area contributed by atoms with Crippen molar-refractivity contribution < 1.29 is 132 Å². The molecule has 20 heavy (non-hydrogen) atoms. The zero-order chi connectivity index (χ0) is 13.7. The summed E-state index contributed by atoms with van der Waals surface area (Å²) in [5.41, 5.74) is 0.718. The molecule has 0 aliphatic heterocycles. The van der Waals surface area contributed by atoms with Gasteiger partial charge in [-0.15, -0.1) is 0 Å². The molecule has 0 rings (SSSR count). The molecule has 0 N–H and O–H groups in total. The second kappa shape index (κ2) is 26.0. The van der Waals surface area contributed by atoms with Crippen molar-refractivity contribution in [3.63, 3.8) is 0 Å². The van der Waals surface area contributed by atoms with E-state index in [9.17, 15) is 9.59 Å². The van der Waals surface area contributed by atoms with Crippen LogP contribution < -0.4 is 0 Å². The number of carbonyl (C=O) groups is 1. The normalized spacial score (nSPS) is 8.30. The number of Topliss-reactive ketones (excluding diaryl/α,β-unsaturated/α-hetero) is 1. The first-order chi connectivity index (χ1) is 8.03. The van der Waals surface area contributed by atoms with Gasteiger partial charge in [0.2, 0.25) is 0 Å². The number of hydrogen-bond acceptors (Lipinski definition) is 2. The van der Waals surface area contributed by atoms with E-state index in [1.165, 1.54) is 50.9 Å². The van der Waals surface area contributed by atoms with Gasteiger partial charge in [-0.2, -0.15) is 0 Å². The Labute approximate surface area is 205 Å². The molecular formula is C13H10O2VW2Y2-4. The number of ketones is 1. The van der Waals surface area contributed by atoms with Crippen LogP contribution >= 0.6 is 0 Å². The van der Waals surface area contributed by atoms with Crippen molar-refractivity contribution in [1.82, 2.24) is 0 Å². The van der Waals surface area contributed by atoms with E-state index >= 15 is 0 Å². The van der Waals surface area contributed by atoms with E-state index < -0.39 is 0 Å². The summed E-state index contributed by atoms with van der Waals surface area (Å²) >= 11 is 2.55. The van der Waals surface area contributed by atoms with Crippen molar-refractivity contribution in [3.8, 4) is 0 Å². The molecule has 0 atom stereocenters. The maximum Gasteiger partial charge on any atom is 0 e. The molecule has 7 heteroatoms. The predicted octanol–water partition coefficient (Wildman–Crippen LogP) is 1.01. The molecule has 0 aromatic carbocycles. The monoisotopic (exact) mass is 795 g/mol. The first-order valence-corrected chi connectivity index (χ1v) is 7.61. The van der Waals surface area contributed by atoms with Gasteiger partial charge < -0.3 is 0 Å². The summed E-state index contributed by atoms with van der Waals surface area (Å²) in [6, 6.07) is 0. The Kier molecular flexibility index (Phi) is 43.7.